The maximum absolute atomic E-state index is 13.4. The van der Waals surface area contributed by atoms with E-state index in [0.29, 0.717) is 24.8 Å². The Kier molecular flexibility index (Phi) is 8.03. The van der Waals surface area contributed by atoms with Crippen molar-refractivity contribution >= 4 is 10.0 Å². The van der Waals surface area contributed by atoms with Gasteiger partial charge in [-0.25, -0.2) is 8.42 Å². The summed E-state index contributed by atoms with van der Waals surface area (Å²) in [5, 5.41) is 9.69. The number of likely N-dealkylation sites (N-methyl/N-ethyl adjacent to an activating group) is 1. The maximum atomic E-state index is 13.4. The molecule has 0 aromatic heterocycles. The fourth-order valence-corrected chi connectivity index (χ4v) is 6.22. The van der Waals surface area contributed by atoms with Crippen LogP contribution in [0, 0.1) is 23.7 Å². The highest BCUT2D eigenvalue weighted by molar-refractivity contribution is 7.89. The summed E-state index contributed by atoms with van der Waals surface area (Å²) in [6, 6.07) is 4.61. The van der Waals surface area contributed by atoms with Crippen molar-refractivity contribution in [2.24, 2.45) is 11.8 Å². The average molecular weight is 449 g/mol. The van der Waals surface area contributed by atoms with Gasteiger partial charge in [0.15, 0.2) is 0 Å². The van der Waals surface area contributed by atoms with Crippen LogP contribution in [0.15, 0.2) is 23.1 Å². The lowest BCUT2D eigenvalue weighted by Gasteiger charge is -2.37. The smallest absolute Gasteiger partial charge is 0.247 e. The van der Waals surface area contributed by atoms with Crippen LogP contribution in [-0.4, -0.2) is 68.7 Å². The number of ether oxygens (including phenoxy) is 1. The molecule has 1 aliphatic heterocycles. The van der Waals surface area contributed by atoms with Crippen LogP contribution in [0.5, 0.6) is 5.75 Å². The van der Waals surface area contributed by atoms with Crippen LogP contribution in [0.3, 0.4) is 0 Å². The molecule has 172 valence electrons. The molecule has 0 unspecified atom stereocenters. The van der Waals surface area contributed by atoms with Crippen LogP contribution in [0.25, 0.3) is 0 Å². The molecule has 1 aromatic carbocycles. The van der Waals surface area contributed by atoms with E-state index in [-0.39, 0.29) is 23.5 Å². The molecule has 1 fully saturated rings. The van der Waals surface area contributed by atoms with E-state index in [1.807, 2.05) is 25.9 Å². The predicted octanol–water partition coefficient (Wildman–Crippen LogP) is 2.95. The molecule has 31 heavy (non-hydrogen) atoms. The van der Waals surface area contributed by atoms with Gasteiger partial charge in [-0.15, -0.1) is 0 Å². The summed E-state index contributed by atoms with van der Waals surface area (Å²) in [6.07, 6.45) is 5.81. The number of rotatable bonds is 5. The summed E-state index contributed by atoms with van der Waals surface area (Å²) in [7, 11) is 0.153. The molecule has 6 nitrogen and oxygen atoms in total. The Bertz CT molecular complexity index is 913. The van der Waals surface area contributed by atoms with E-state index < -0.39 is 16.1 Å². The van der Waals surface area contributed by atoms with Crippen LogP contribution >= 0.6 is 0 Å². The van der Waals surface area contributed by atoms with Gasteiger partial charge in [-0.05, 0) is 58.0 Å². The fraction of sp³-hybridized carbons (Fsp3) is 0.667. The van der Waals surface area contributed by atoms with Crippen LogP contribution in [0.1, 0.15) is 51.5 Å². The van der Waals surface area contributed by atoms with Crippen molar-refractivity contribution in [2.75, 3.05) is 33.8 Å². The third-order valence-electron chi connectivity index (χ3n) is 6.31. The maximum Gasteiger partial charge on any atom is 0.247 e. The molecular formula is C24H36N2O4S. The third kappa shape index (κ3) is 5.81. The molecular weight excluding hydrogens is 412 g/mol. The van der Waals surface area contributed by atoms with Gasteiger partial charge in [-0.3, -0.25) is 0 Å². The standard InChI is InChI=1S/C24H36N2O4S/c1-18-15-26(19(2)17-27)31(28,29)24-13-12-21(11-7-10-20-8-5-6-9-20)14-22(24)30-23(18)16-25(3)4/h12-14,18-20,23,27H,5-6,8-10,15-17H2,1-4H3/t18-,19+,23+/m0/s1. The molecule has 0 spiro atoms. The number of nitrogens with zero attached hydrogens (tertiary/aromatic N) is 2. The van der Waals surface area contributed by atoms with Crippen LogP contribution in [0.2, 0.25) is 0 Å². The van der Waals surface area contributed by atoms with Crippen molar-refractivity contribution in [2.45, 2.75) is 63.0 Å². The van der Waals surface area contributed by atoms with Gasteiger partial charge >= 0.3 is 0 Å². The number of fused-ring (bicyclic) bond motifs is 1. The highest BCUT2D eigenvalue weighted by Gasteiger charge is 2.37. The van der Waals surface area contributed by atoms with Crippen LogP contribution in [-0.2, 0) is 10.0 Å². The van der Waals surface area contributed by atoms with Gasteiger partial charge in [0.25, 0.3) is 0 Å². The van der Waals surface area contributed by atoms with Crippen molar-refractivity contribution in [1.29, 1.82) is 0 Å². The lowest BCUT2D eigenvalue weighted by molar-refractivity contribution is 0.0812. The number of sulfonamides is 1. The van der Waals surface area contributed by atoms with E-state index in [9.17, 15) is 13.5 Å². The van der Waals surface area contributed by atoms with Gasteiger partial charge in [0.2, 0.25) is 10.0 Å². The molecule has 1 heterocycles. The van der Waals surface area contributed by atoms with Gasteiger partial charge in [-0.1, -0.05) is 31.6 Å². The second kappa shape index (κ2) is 10.4. The van der Waals surface area contributed by atoms with Crippen LogP contribution in [0.4, 0.5) is 0 Å². The molecule has 1 aromatic rings. The monoisotopic (exact) mass is 448 g/mol. The van der Waals surface area contributed by atoms with E-state index >= 15 is 0 Å². The Morgan fingerprint density at radius 2 is 2.00 bits per heavy atom. The third-order valence-corrected chi connectivity index (χ3v) is 8.33. The SMILES string of the molecule is C[C@H](CO)N1C[C@H](C)[C@@H](CN(C)C)Oc2cc(C#CCC3CCCC3)ccc2S1(=O)=O. The van der Waals surface area contributed by atoms with Gasteiger partial charge in [-0.2, -0.15) is 4.31 Å². The molecule has 3 rings (SSSR count). The molecule has 3 atom stereocenters. The van der Waals surface area contributed by atoms with Crippen molar-refractivity contribution in [3.05, 3.63) is 23.8 Å². The predicted molar refractivity (Wildman–Crippen MR) is 122 cm³/mol. The van der Waals surface area contributed by atoms with Crippen molar-refractivity contribution in [1.82, 2.24) is 9.21 Å². The molecule has 0 amide bonds. The highest BCUT2D eigenvalue weighted by Crippen LogP contribution is 2.34. The van der Waals surface area contributed by atoms with Crippen molar-refractivity contribution in [3.8, 4) is 17.6 Å². The Balaban J connectivity index is 1.97. The average Bonchev–Trinajstić information content (AvgIpc) is 3.23. The van der Waals surface area contributed by atoms with E-state index in [1.54, 1.807) is 25.1 Å². The van der Waals surface area contributed by atoms with E-state index in [2.05, 4.69) is 11.8 Å². The minimum atomic E-state index is -3.80. The highest BCUT2D eigenvalue weighted by atomic mass is 32.2. The second-order valence-electron chi connectivity index (χ2n) is 9.32. The van der Waals surface area contributed by atoms with Crippen molar-refractivity contribution < 1.29 is 18.3 Å². The number of hydrogen-bond donors (Lipinski definition) is 1. The zero-order valence-electron chi connectivity index (χ0n) is 19.2. The summed E-state index contributed by atoms with van der Waals surface area (Å²) in [5.41, 5.74) is 0.769. The first-order valence-electron chi connectivity index (χ1n) is 11.3. The Labute approximate surface area is 187 Å². The number of hydrogen-bond acceptors (Lipinski definition) is 5. The molecule has 0 saturated heterocycles. The number of aliphatic hydroxyl groups is 1. The summed E-state index contributed by atoms with van der Waals surface area (Å²) in [4.78, 5) is 2.19. The Hall–Kier alpha value is -1.59. The first-order chi connectivity index (χ1) is 14.7. The van der Waals surface area contributed by atoms with Gasteiger partial charge < -0.3 is 14.7 Å². The van der Waals surface area contributed by atoms with Crippen molar-refractivity contribution in [3.63, 3.8) is 0 Å². The zero-order valence-corrected chi connectivity index (χ0v) is 20.0. The molecule has 2 aliphatic rings. The normalized spacial score (nSPS) is 25.1. The fourth-order valence-electron chi connectivity index (χ4n) is 4.39. The quantitative estimate of drug-likeness (QED) is 0.702. The molecule has 1 saturated carbocycles. The van der Waals surface area contributed by atoms with E-state index in [1.165, 1.54) is 30.0 Å². The number of aliphatic hydroxyl groups excluding tert-OH is 1. The van der Waals surface area contributed by atoms with E-state index in [0.717, 1.165) is 12.0 Å². The van der Waals surface area contributed by atoms with Gasteiger partial charge in [0, 0.05) is 37.0 Å². The number of benzene rings is 1. The summed E-state index contributed by atoms with van der Waals surface area (Å²) < 4.78 is 34.6. The lowest BCUT2D eigenvalue weighted by Crippen LogP contribution is -2.49. The lowest BCUT2D eigenvalue weighted by atomic mass is 10.0. The molecule has 0 radical (unpaired) electrons. The molecule has 1 N–H and O–H groups in total. The van der Waals surface area contributed by atoms with Gasteiger partial charge in [0.1, 0.15) is 16.7 Å². The first kappa shape index (κ1) is 24.1. The Morgan fingerprint density at radius 1 is 1.29 bits per heavy atom. The minimum absolute atomic E-state index is 0.0450. The summed E-state index contributed by atoms with van der Waals surface area (Å²) in [5.74, 6) is 7.48. The zero-order chi connectivity index (χ0) is 22.6. The topological polar surface area (TPSA) is 70.1 Å². The van der Waals surface area contributed by atoms with Gasteiger partial charge in [0.05, 0.1) is 6.61 Å². The van der Waals surface area contributed by atoms with Crippen LogP contribution < -0.4 is 4.74 Å². The molecule has 0 bridgehead atoms. The summed E-state index contributed by atoms with van der Waals surface area (Å²) in [6.45, 7) is 4.46. The largest absolute Gasteiger partial charge is 0.487 e. The second-order valence-corrected chi connectivity index (χ2v) is 11.2. The Morgan fingerprint density at radius 3 is 2.65 bits per heavy atom. The summed E-state index contributed by atoms with van der Waals surface area (Å²) >= 11 is 0. The molecule has 1 aliphatic carbocycles. The van der Waals surface area contributed by atoms with E-state index in [4.69, 9.17) is 4.74 Å². The molecule has 7 heteroatoms. The minimum Gasteiger partial charge on any atom is -0.487 e. The first-order valence-corrected chi connectivity index (χ1v) is 12.7.